The van der Waals surface area contributed by atoms with Crippen molar-refractivity contribution in [2.24, 2.45) is 5.73 Å². The number of phosphoric acid groups is 1. The molecule has 4 N–H and O–H groups in total. The van der Waals surface area contributed by atoms with E-state index >= 15 is 0 Å². The molecule has 0 fully saturated rings. The van der Waals surface area contributed by atoms with Gasteiger partial charge >= 0.3 is 25.7 Å². The first-order chi connectivity index (χ1) is 24.1. The lowest BCUT2D eigenvalue weighted by Gasteiger charge is -2.20. The van der Waals surface area contributed by atoms with Gasteiger partial charge in [0.05, 0.1) is 13.2 Å². The van der Waals surface area contributed by atoms with Gasteiger partial charge in [-0.2, -0.15) is 0 Å². The van der Waals surface area contributed by atoms with Crippen LogP contribution in [0.25, 0.3) is 0 Å². The minimum Gasteiger partial charge on any atom is -0.480 e. The number of phosphoric ester groups is 1. The van der Waals surface area contributed by atoms with Crippen molar-refractivity contribution in [3.05, 3.63) is 12.2 Å². The number of esters is 2. The third-order valence-corrected chi connectivity index (χ3v) is 9.46. The maximum Gasteiger partial charge on any atom is 0.472 e. The van der Waals surface area contributed by atoms with Crippen molar-refractivity contribution in [1.29, 1.82) is 0 Å². The van der Waals surface area contributed by atoms with E-state index in [1.165, 1.54) is 83.5 Å². The molecule has 0 aliphatic heterocycles. The van der Waals surface area contributed by atoms with Gasteiger partial charge in [0, 0.05) is 12.8 Å². The van der Waals surface area contributed by atoms with Crippen molar-refractivity contribution in [2.45, 2.75) is 193 Å². The van der Waals surface area contributed by atoms with Gasteiger partial charge in [0.15, 0.2) is 6.10 Å². The van der Waals surface area contributed by atoms with Gasteiger partial charge < -0.3 is 25.2 Å². The molecule has 50 heavy (non-hydrogen) atoms. The third kappa shape index (κ3) is 33.4. The molecule has 0 spiro atoms. The molecule has 0 radical (unpaired) electrons. The number of aliphatic carboxylic acids is 1. The lowest BCUT2D eigenvalue weighted by molar-refractivity contribution is -0.161. The first-order valence-corrected chi connectivity index (χ1v) is 21.2. The standard InChI is InChI=1S/C38H72NO10P/c1-3-5-7-9-11-13-15-16-17-18-20-21-23-25-27-29-36(40)46-31-34(32-47-50(44,45)48-33-35(39)38(42)43)49-37(41)30-28-26-24-22-19-14-12-10-8-6-4-2/h16-17,34-35H,3-15,18-33,39H2,1-2H3,(H,42,43)(H,44,45)/b17-16+/t34-,35+/m1/s1. The number of hydrogen-bond donors (Lipinski definition) is 3. The topological polar surface area (TPSA) is 172 Å². The summed E-state index contributed by atoms with van der Waals surface area (Å²) in [5, 5.41) is 8.85. The molecular formula is C38H72NO10P. The van der Waals surface area contributed by atoms with Gasteiger partial charge in [0.25, 0.3) is 0 Å². The number of hydrogen-bond acceptors (Lipinski definition) is 9. The van der Waals surface area contributed by atoms with Crippen molar-refractivity contribution in [3.63, 3.8) is 0 Å². The Morgan fingerprint density at radius 1 is 0.600 bits per heavy atom. The number of allylic oxidation sites excluding steroid dienone is 2. The number of rotatable bonds is 37. The van der Waals surface area contributed by atoms with E-state index < -0.39 is 51.1 Å². The molecule has 12 heteroatoms. The molecule has 11 nitrogen and oxygen atoms in total. The predicted octanol–water partition coefficient (Wildman–Crippen LogP) is 9.73. The Kier molecular flexibility index (Phi) is 33.1. The number of carboxylic acid groups (broad SMARTS) is 1. The highest BCUT2D eigenvalue weighted by Gasteiger charge is 2.28. The first-order valence-electron chi connectivity index (χ1n) is 19.7. The van der Waals surface area contributed by atoms with Crippen molar-refractivity contribution in [1.82, 2.24) is 0 Å². The normalized spacial score (nSPS) is 14.0. The summed E-state index contributed by atoms with van der Waals surface area (Å²) in [6, 6.07) is -1.52. The van der Waals surface area contributed by atoms with Gasteiger partial charge in [-0.3, -0.25) is 23.4 Å². The van der Waals surface area contributed by atoms with Gasteiger partial charge in [-0.15, -0.1) is 0 Å². The fourth-order valence-corrected chi connectivity index (χ4v) is 6.13. The Hall–Kier alpha value is -1.78. The van der Waals surface area contributed by atoms with Gasteiger partial charge in [-0.1, -0.05) is 142 Å². The first kappa shape index (κ1) is 48.2. The van der Waals surface area contributed by atoms with Crippen LogP contribution in [0.5, 0.6) is 0 Å². The van der Waals surface area contributed by atoms with Crippen molar-refractivity contribution >= 4 is 25.7 Å². The SMILES string of the molecule is CCCCCCCC/C=C/CCCCCCCC(=O)OC[C@H](COP(=O)(O)OC[C@H](N)C(=O)O)OC(=O)CCCCCCCCCCCCC. The summed E-state index contributed by atoms with van der Waals surface area (Å²) in [6.07, 6.45) is 31.4. The summed E-state index contributed by atoms with van der Waals surface area (Å²) in [5.74, 6) is -2.38. The molecule has 0 aliphatic carbocycles. The van der Waals surface area contributed by atoms with Crippen molar-refractivity contribution < 1.29 is 47.5 Å². The van der Waals surface area contributed by atoms with Gasteiger partial charge in [-0.25, -0.2) is 4.57 Å². The number of unbranched alkanes of at least 4 members (excludes halogenated alkanes) is 21. The molecular weight excluding hydrogens is 661 g/mol. The smallest absolute Gasteiger partial charge is 0.472 e. The van der Waals surface area contributed by atoms with Crippen LogP contribution in [0.1, 0.15) is 181 Å². The zero-order valence-corrected chi connectivity index (χ0v) is 32.4. The summed E-state index contributed by atoms with van der Waals surface area (Å²) >= 11 is 0. The second-order valence-corrected chi connectivity index (χ2v) is 14.9. The van der Waals surface area contributed by atoms with Crippen LogP contribution in [0.2, 0.25) is 0 Å². The largest absolute Gasteiger partial charge is 0.480 e. The molecule has 1 unspecified atom stereocenters. The molecule has 0 heterocycles. The van der Waals surface area contributed by atoms with E-state index in [1.54, 1.807) is 0 Å². The third-order valence-electron chi connectivity index (χ3n) is 8.51. The number of carboxylic acids is 1. The molecule has 0 amide bonds. The van der Waals surface area contributed by atoms with E-state index in [1.807, 2.05) is 0 Å². The van der Waals surface area contributed by atoms with Crippen LogP contribution in [-0.4, -0.2) is 59.9 Å². The molecule has 0 aromatic carbocycles. The van der Waals surface area contributed by atoms with E-state index in [0.29, 0.717) is 12.8 Å². The minimum absolute atomic E-state index is 0.164. The molecule has 0 saturated carbocycles. The molecule has 294 valence electrons. The highest BCUT2D eigenvalue weighted by atomic mass is 31.2. The fourth-order valence-electron chi connectivity index (χ4n) is 5.35. The molecule has 0 aromatic heterocycles. The summed E-state index contributed by atoms with van der Waals surface area (Å²) < 4.78 is 32.5. The van der Waals surface area contributed by atoms with Gasteiger partial charge in [0.1, 0.15) is 12.6 Å². The Balaban J connectivity index is 4.40. The Morgan fingerprint density at radius 2 is 1.00 bits per heavy atom. The van der Waals surface area contributed by atoms with Crippen LogP contribution in [0.15, 0.2) is 12.2 Å². The highest BCUT2D eigenvalue weighted by Crippen LogP contribution is 2.43. The van der Waals surface area contributed by atoms with E-state index in [-0.39, 0.29) is 19.4 Å². The Morgan fingerprint density at radius 3 is 1.46 bits per heavy atom. The summed E-state index contributed by atoms with van der Waals surface area (Å²) in [6.45, 7) is 2.77. The van der Waals surface area contributed by atoms with Gasteiger partial charge in [0.2, 0.25) is 0 Å². The summed E-state index contributed by atoms with van der Waals surface area (Å²) in [5.41, 5.74) is 5.31. The van der Waals surface area contributed by atoms with Crippen LogP contribution < -0.4 is 5.73 Å². The second kappa shape index (κ2) is 34.3. The summed E-state index contributed by atoms with van der Waals surface area (Å²) in [4.78, 5) is 45.7. The summed E-state index contributed by atoms with van der Waals surface area (Å²) in [7, 11) is -4.70. The van der Waals surface area contributed by atoms with Crippen LogP contribution in [0.3, 0.4) is 0 Å². The van der Waals surface area contributed by atoms with E-state index in [9.17, 15) is 23.8 Å². The van der Waals surface area contributed by atoms with E-state index in [4.69, 9.17) is 24.8 Å². The quantitative estimate of drug-likeness (QED) is 0.0240. The minimum atomic E-state index is -4.70. The van der Waals surface area contributed by atoms with Crippen LogP contribution >= 0.6 is 7.82 Å². The monoisotopic (exact) mass is 733 g/mol. The van der Waals surface area contributed by atoms with Crippen LogP contribution in [0, 0.1) is 0 Å². The zero-order chi connectivity index (χ0) is 37.1. The van der Waals surface area contributed by atoms with E-state index in [2.05, 4.69) is 30.5 Å². The van der Waals surface area contributed by atoms with E-state index in [0.717, 1.165) is 57.8 Å². The molecule has 0 aromatic rings. The van der Waals surface area contributed by atoms with Gasteiger partial charge in [-0.05, 0) is 38.5 Å². The Labute approximate surface area is 303 Å². The zero-order valence-electron chi connectivity index (χ0n) is 31.5. The average Bonchev–Trinajstić information content (AvgIpc) is 3.09. The van der Waals surface area contributed by atoms with Crippen molar-refractivity contribution in [2.75, 3.05) is 19.8 Å². The highest BCUT2D eigenvalue weighted by molar-refractivity contribution is 7.47. The van der Waals surface area contributed by atoms with Crippen LogP contribution in [0.4, 0.5) is 0 Å². The average molecular weight is 734 g/mol. The lowest BCUT2D eigenvalue weighted by Crippen LogP contribution is -2.34. The number of ether oxygens (including phenoxy) is 2. The molecule has 0 rings (SSSR count). The second-order valence-electron chi connectivity index (χ2n) is 13.4. The van der Waals surface area contributed by atoms with Crippen molar-refractivity contribution in [3.8, 4) is 0 Å². The molecule has 3 atom stereocenters. The lowest BCUT2D eigenvalue weighted by atomic mass is 10.1. The molecule has 0 saturated heterocycles. The Bertz CT molecular complexity index is 916. The number of carbonyl (C=O) groups is 3. The molecule has 0 bridgehead atoms. The van der Waals surface area contributed by atoms with Crippen LogP contribution in [-0.2, 0) is 37.5 Å². The molecule has 0 aliphatic rings. The number of carbonyl (C=O) groups excluding carboxylic acids is 2. The fraction of sp³-hybridized carbons (Fsp3) is 0.868. The maximum atomic E-state index is 12.5. The number of nitrogens with two attached hydrogens (primary N) is 1. The maximum absolute atomic E-state index is 12.5. The predicted molar refractivity (Wildman–Crippen MR) is 199 cm³/mol.